The van der Waals surface area contributed by atoms with Crippen LogP contribution in [0.5, 0.6) is 0 Å². The first-order chi connectivity index (χ1) is 6.78. The summed E-state index contributed by atoms with van der Waals surface area (Å²) in [7, 11) is 0. The summed E-state index contributed by atoms with van der Waals surface area (Å²) in [6.45, 7) is 1.65. The third-order valence-corrected chi connectivity index (χ3v) is 4.77. The number of hydrogen-bond acceptors (Lipinski definition) is 1. The molecule has 4 unspecified atom stereocenters. The Bertz CT molecular complexity index is 222. The van der Waals surface area contributed by atoms with Crippen LogP contribution in [0.15, 0.2) is 0 Å². The standard InChI is InChI=1S/C12H20FN/c13-12(4-1-5-14-8-12)11-7-9-2-3-10(11)6-9/h9-11,14H,1-8H2. The SMILES string of the molecule is FC1(C2CC3CCC2C3)CCCNC1. The van der Waals surface area contributed by atoms with Crippen molar-refractivity contribution in [2.75, 3.05) is 13.1 Å². The Morgan fingerprint density at radius 3 is 2.71 bits per heavy atom. The van der Waals surface area contributed by atoms with E-state index in [1.807, 2.05) is 0 Å². The lowest BCUT2D eigenvalue weighted by molar-refractivity contribution is 0.0221. The van der Waals surface area contributed by atoms with Crippen LogP contribution in [0.25, 0.3) is 0 Å². The minimum atomic E-state index is -0.849. The minimum absolute atomic E-state index is 0.397. The Balaban J connectivity index is 1.74. The van der Waals surface area contributed by atoms with E-state index in [0.29, 0.717) is 12.5 Å². The fraction of sp³-hybridized carbons (Fsp3) is 1.00. The lowest BCUT2D eigenvalue weighted by atomic mass is 9.74. The van der Waals surface area contributed by atoms with E-state index in [-0.39, 0.29) is 0 Å². The Labute approximate surface area is 85.5 Å². The van der Waals surface area contributed by atoms with E-state index in [2.05, 4.69) is 5.32 Å². The van der Waals surface area contributed by atoms with Gasteiger partial charge in [-0.1, -0.05) is 6.42 Å². The second-order valence-electron chi connectivity index (χ2n) is 5.60. The van der Waals surface area contributed by atoms with Crippen LogP contribution in [-0.2, 0) is 0 Å². The van der Waals surface area contributed by atoms with Gasteiger partial charge in [-0.3, -0.25) is 0 Å². The summed E-state index contributed by atoms with van der Waals surface area (Å²) in [4.78, 5) is 0. The fourth-order valence-corrected chi connectivity index (χ4v) is 4.09. The van der Waals surface area contributed by atoms with Gasteiger partial charge in [0, 0.05) is 6.54 Å². The summed E-state index contributed by atoms with van der Waals surface area (Å²) in [5.41, 5.74) is -0.849. The first-order valence-electron chi connectivity index (χ1n) is 6.17. The zero-order valence-corrected chi connectivity index (χ0v) is 8.77. The Morgan fingerprint density at radius 1 is 1.21 bits per heavy atom. The van der Waals surface area contributed by atoms with Crippen molar-refractivity contribution in [2.24, 2.45) is 17.8 Å². The number of halogens is 1. The van der Waals surface area contributed by atoms with Crippen LogP contribution in [0.2, 0.25) is 0 Å². The molecular weight excluding hydrogens is 177 g/mol. The quantitative estimate of drug-likeness (QED) is 0.681. The molecule has 3 fully saturated rings. The maximum Gasteiger partial charge on any atom is 0.126 e. The summed E-state index contributed by atoms with van der Waals surface area (Å²) in [6, 6.07) is 0. The molecule has 1 heterocycles. The van der Waals surface area contributed by atoms with Crippen molar-refractivity contribution in [3.63, 3.8) is 0 Å². The van der Waals surface area contributed by atoms with E-state index in [1.54, 1.807) is 0 Å². The predicted octanol–water partition coefficient (Wildman–Crippen LogP) is 2.51. The highest BCUT2D eigenvalue weighted by molar-refractivity contribution is 5.02. The summed E-state index contributed by atoms with van der Waals surface area (Å²) >= 11 is 0. The molecule has 1 nitrogen and oxygen atoms in total. The molecule has 0 spiro atoms. The van der Waals surface area contributed by atoms with Crippen molar-refractivity contribution in [1.82, 2.24) is 5.32 Å². The van der Waals surface area contributed by atoms with Gasteiger partial charge < -0.3 is 5.32 Å². The van der Waals surface area contributed by atoms with Crippen LogP contribution in [0, 0.1) is 17.8 Å². The van der Waals surface area contributed by atoms with Crippen LogP contribution >= 0.6 is 0 Å². The highest BCUT2D eigenvalue weighted by atomic mass is 19.1. The van der Waals surface area contributed by atoms with Crippen molar-refractivity contribution in [3.8, 4) is 0 Å². The summed E-state index contributed by atoms with van der Waals surface area (Å²) in [5.74, 6) is 2.00. The van der Waals surface area contributed by atoms with E-state index < -0.39 is 5.67 Å². The normalized spacial score (nSPS) is 52.5. The van der Waals surface area contributed by atoms with Crippen LogP contribution in [0.3, 0.4) is 0 Å². The maximum atomic E-state index is 14.7. The first kappa shape index (κ1) is 9.14. The zero-order valence-electron chi connectivity index (χ0n) is 8.77. The van der Waals surface area contributed by atoms with Gasteiger partial charge in [-0.05, 0) is 56.4 Å². The number of nitrogens with one attached hydrogen (secondary N) is 1. The van der Waals surface area contributed by atoms with Crippen molar-refractivity contribution in [2.45, 2.75) is 44.2 Å². The van der Waals surface area contributed by atoms with E-state index in [0.717, 1.165) is 31.2 Å². The van der Waals surface area contributed by atoms with E-state index in [9.17, 15) is 4.39 Å². The van der Waals surface area contributed by atoms with Gasteiger partial charge in [0.2, 0.25) is 0 Å². The predicted molar refractivity (Wildman–Crippen MR) is 54.9 cm³/mol. The van der Waals surface area contributed by atoms with Gasteiger partial charge in [-0.15, -0.1) is 0 Å². The van der Waals surface area contributed by atoms with E-state index >= 15 is 0 Å². The van der Waals surface area contributed by atoms with Crippen molar-refractivity contribution in [1.29, 1.82) is 0 Å². The smallest absolute Gasteiger partial charge is 0.126 e. The maximum absolute atomic E-state index is 14.7. The van der Waals surface area contributed by atoms with Gasteiger partial charge in [-0.2, -0.15) is 0 Å². The second-order valence-corrected chi connectivity index (χ2v) is 5.60. The number of rotatable bonds is 1. The van der Waals surface area contributed by atoms with Crippen LogP contribution in [0.4, 0.5) is 4.39 Å². The molecule has 0 aromatic rings. The number of fused-ring (bicyclic) bond motifs is 2. The Morgan fingerprint density at radius 2 is 2.14 bits per heavy atom. The third-order valence-electron chi connectivity index (χ3n) is 4.77. The summed E-state index contributed by atoms with van der Waals surface area (Å²) in [6.07, 6.45) is 7.04. The second kappa shape index (κ2) is 3.19. The van der Waals surface area contributed by atoms with E-state index in [1.165, 1.54) is 25.7 Å². The number of alkyl halides is 1. The zero-order chi connectivity index (χ0) is 9.60. The first-order valence-corrected chi connectivity index (χ1v) is 6.17. The molecule has 3 aliphatic rings. The highest BCUT2D eigenvalue weighted by Crippen LogP contribution is 2.54. The monoisotopic (exact) mass is 197 g/mol. The van der Waals surface area contributed by atoms with Gasteiger partial charge in [0.25, 0.3) is 0 Å². The molecule has 2 bridgehead atoms. The van der Waals surface area contributed by atoms with Gasteiger partial charge in [0.1, 0.15) is 5.67 Å². The van der Waals surface area contributed by atoms with Crippen LogP contribution in [0.1, 0.15) is 38.5 Å². The topological polar surface area (TPSA) is 12.0 Å². The molecule has 2 heteroatoms. The molecule has 0 radical (unpaired) electrons. The minimum Gasteiger partial charge on any atom is -0.314 e. The number of hydrogen-bond donors (Lipinski definition) is 1. The lowest BCUT2D eigenvalue weighted by Gasteiger charge is -2.39. The molecule has 0 aromatic carbocycles. The van der Waals surface area contributed by atoms with Crippen molar-refractivity contribution >= 4 is 0 Å². The van der Waals surface area contributed by atoms with Crippen LogP contribution in [-0.4, -0.2) is 18.8 Å². The number of piperidine rings is 1. The molecule has 80 valence electrons. The summed E-state index contributed by atoms with van der Waals surface area (Å²) in [5, 5.41) is 3.24. The highest BCUT2D eigenvalue weighted by Gasteiger charge is 2.51. The van der Waals surface area contributed by atoms with Gasteiger partial charge in [0.15, 0.2) is 0 Å². The van der Waals surface area contributed by atoms with Crippen molar-refractivity contribution < 1.29 is 4.39 Å². The molecule has 1 saturated heterocycles. The molecule has 2 saturated carbocycles. The average Bonchev–Trinajstić information content (AvgIpc) is 2.80. The Hall–Kier alpha value is -0.110. The van der Waals surface area contributed by atoms with Gasteiger partial charge in [-0.25, -0.2) is 4.39 Å². The molecule has 4 atom stereocenters. The molecular formula is C12H20FN. The molecule has 0 aromatic heterocycles. The van der Waals surface area contributed by atoms with Crippen LogP contribution < -0.4 is 5.32 Å². The molecule has 2 aliphatic carbocycles. The van der Waals surface area contributed by atoms with E-state index in [4.69, 9.17) is 0 Å². The molecule has 1 N–H and O–H groups in total. The van der Waals surface area contributed by atoms with Crippen molar-refractivity contribution in [3.05, 3.63) is 0 Å². The third kappa shape index (κ3) is 1.30. The fourth-order valence-electron chi connectivity index (χ4n) is 4.09. The molecule has 14 heavy (non-hydrogen) atoms. The largest absolute Gasteiger partial charge is 0.314 e. The average molecular weight is 197 g/mol. The molecule has 1 aliphatic heterocycles. The van der Waals surface area contributed by atoms with Gasteiger partial charge >= 0.3 is 0 Å². The Kier molecular flexibility index (Phi) is 2.08. The molecule has 3 rings (SSSR count). The summed E-state index contributed by atoms with van der Waals surface area (Å²) < 4.78 is 14.7. The van der Waals surface area contributed by atoms with Gasteiger partial charge in [0.05, 0.1) is 0 Å². The molecule has 0 amide bonds. The lowest BCUT2D eigenvalue weighted by Crippen LogP contribution is -2.49.